The van der Waals surface area contributed by atoms with E-state index >= 15 is 0 Å². The number of anilines is 1. The minimum absolute atomic E-state index is 0.521. The maximum Gasteiger partial charge on any atom is 0.173 e. The molecule has 0 unspecified atom stereocenters. The second-order valence-corrected chi connectivity index (χ2v) is 7.62. The monoisotopic (exact) mass is 411 g/mol. The number of aryl methyl sites for hydroxylation is 2. The fourth-order valence-corrected chi connectivity index (χ4v) is 3.60. The summed E-state index contributed by atoms with van der Waals surface area (Å²) in [6, 6.07) is 5.44. The van der Waals surface area contributed by atoms with Crippen LogP contribution in [0.3, 0.4) is 0 Å². The summed E-state index contributed by atoms with van der Waals surface area (Å²) in [6.45, 7) is 9.77. The van der Waals surface area contributed by atoms with Gasteiger partial charge in [0.2, 0.25) is 0 Å². The summed E-state index contributed by atoms with van der Waals surface area (Å²) in [5, 5.41) is 9.55. The number of aromatic nitrogens is 2. The van der Waals surface area contributed by atoms with Crippen LogP contribution in [-0.2, 0) is 13.1 Å². The highest BCUT2D eigenvalue weighted by atomic mass is 35.5. The molecule has 1 fully saturated rings. The summed E-state index contributed by atoms with van der Waals surface area (Å²) in [6.07, 6.45) is 2.15. The van der Waals surface area contributed by atoms with Crippen molar-refractivity contribution >= 4 is 46.2 Å². The highest BCUT2D eigenvalue weighted by Gasteiger charge is 2.20. The Hall–Kier alpha value is -1.34. The van der Waals surface area contributed by atoms with Crippen molar-refractivity contribution in [3.63, 3.8) is 0 Å². The number of nitrogens with zero attached hydrogens (tertiary/aromatic N) is 4. The molecular formula is C18H23Cl2N5S. The van der Waals surface area contributed by atoms with E-state index in [2.05, 4.69) is 40.3 Å². The first-order chi connectivity index (χ1) is 12.5. The number of nitrogens with one attached hydrogen (secondary N) is 1. The van der Waals surface area contributed by atoms with Crippen molar-refractivity contribution in [1.29, 1.82) is 0 Å². The van der Waals surface area contributed by atoms with Gasteiger partial charge in [0.05, 0.1) is 15.7 Å². The average Bonchev–Trinajstić information content (AvgIpc) is 2.98. The van der Waals surface area contributed by atoms with Gasteiger partial charge in [0.1, 0.15) is 0 Å². The lowest BCUT2D eigenvalue weighted by Gasteiger charge is -2.36. The molecular weight excluding hydrogens is 389 g/mol. The Morgan fingerprint density at radius 1 is 1.19 bits per heavy atom. The van der Waals surface area contributed by atoms with Gasteiger partial charge in [-0.3, -0.25) is 9.58 Å². The van der Waals surface area contributed by atoms with Crippen LogP contribution in [0.1, 0.15) is 18.2 Å². The van der Waals surface area contributed by atoms with Crippen molar-refractivity contribution in [2.75, 3.05) is 31.5 Å². The predicted molar refractivity (Wildman–Crippen MR) is 112 cm³/mol. The molecule has 0 bridgehead atoms. The Labute approximate surface area is 169 Å². The van der Waals surface area contributed by atoms with Gasteiger partial charge in [-0.1, -0.05) is 23.2 Å². The molecule has 8 heteroatoms. The third-order valence-electron chi connectivity index (χ3n) is 4.60. The molecule has 26 heavy (non-hydrogen) atoms. The van der Waals surface area contributed by atoms with Crippen molar-refractivity contribution in [2.24, 2.45) is 0 Å². The van der Waals surface area contributed by atoms with E-state index in [1.165, 1.54) is 5.56 Å². The van der Waals surface area contributed by atoms with Crippen LogP contribution < -0.4 is 5.32 Å². The summed E-state index contributed by atoms with van der Waals surface area (Å²) in [7, 11) is 0. The Bertz CT molecular complexity index is 784. The first kappa shape index (κ1) is 19.4. The van der Waals surface area contributed by atoms with E-state index in [0.29, 0.717) is 10.0 Å². The van der Waals surface area contributed by atoms with E-state index in [9.17, 15) is 0 Å². The van der Waals surface area contributed by atoms with Gasteiger partial charge in [0.25, 0.3) is 0 Å². The first-order valence-electron chi connectivity index (χ1n) is 8.72. The molecule has 1 saturated heterocycles. The summed E-state index contributed by atoms with van der Waals surface area (Å²) in [5.74, 6) is 0. The van der Waals surface area contributed by atoms with E-state index < -0.39 is 0 Å². The zero-order chi connectivity index (χ0) is 18.7. The maximum atomic E-state index is 6.06. The fraction of sp³-hybridized carbons (Fsp3) is 0.444. The molecule has 1 aliphatic heterocycles. The van der Waals surface area contributed by atoms with Gasteiger partial charge >= 0.3 is 0 Å². The average molecular weight is 412 g/mol. The Balaban J connectivity index is 1.51. The van der Waals surface area contributed by atoms with Crippen molar-refractivity contribution in [3.05, 3.63) is 45.7 Å². The van der Waals surface area contributed by atoms with Crippen molar-refractivity contribution < 1.29 is 0 Å². The molecule has 0 atom stereocenters. The molecule has 1 aromatic heterocycles. The molecule has 3 rings (SSSR count). The van der Waals surface area contributed by atoms with Gasteiger partial charge in [-0.05, 0) is 44.3 Å². The molecule has 0 saturated carbocycles. The van der Waals surface area contributed by atoms with Gasteiger partial charge in [-0.25, -0.2) is 0 Å². The number of piperazine rings is 1. The number of hydrogen-bond acceptors (Lipinski definition) is 3. The van der Waals surface area contributed by atoms with Crippen LogP contribution in [0.4, 0.5) is 5.69 Å². The first-order valence-corrected chi connectivity index (χ1v) is 9.89. The number of halogens is 2. The second kappa shape index (κ2) is 8.57. The third kappa shape index (κ3) is 4.68. The number of rotatable bonds is 4. The minimum atomic E-state index is 0.521. The summed E-state index contributed by atoms with van der Waals surface area (Å²) in [4.78, 5) is 4.64. The summed E-state index contributed by atoms with van der Waals surface area (Å²) in [5.41, 5.74) is 3.28. The molecule has 0 amide bonds. The molecule has 5 nitrogen and oxygen atoms in total. The van der Waals surface area contributed by atoms with Crippen LogP contribution >= 0.6 is 35.4 Å². The van der Waals surface area contributed by atoms with Gasteiger partial charge in [-0.2, -0.15) is 5.10 Å². The molecule has 140 valence electrons. The standard InChI is InChI=1S/C18H23Cl2N5S/c1-3-25-12-14(13(2)22-25)11-23-6-8-24(9-7-23)18(26)21-15-4-5-16(19)17(20)10-15/h4-5,10,12H,3,6-9,11H2,1-2H3,(H,21,26). The van der Waals surface area contributed by atoms with Crippen molar-refractivity contribution in [1.82, 2.24) is 19.6 Å². The van der Waals surface area contributed by atoms with Crippen molar-refractivity contribution in [3.8, 4) is 0 Å². The fourth-order valence-electron chi connectivity index (χ4n) is 3.00. The molecule has 0 aliphatic carbocycles. The Morgan fingerprint density at radius 2 is 1.92 bits per heavy atom. The van der Waals surface area contributed by atoms with Crippen LogP contribution in [0.5, 0.6) is 0 Å². The van der Waals surface area contributed by atoms with E-state index in [1.807, 2.05) is 10.7 Å². The van der Waals surface area contributed by atoms with Crippen LogP contribution in [0.25, 0.3) is 0 Å². The van der Waals surface area contributed by atoms with E-state index in [1.54, 1.807) is 12.1 Å². The largest absolute Gasteiger partial charge is 0.346 e. The van der Waals surface area contributed by atoms with E-state index in [0.717, 1.165) is 55.8 Å². The molecule has 0 radical (unpaired) electrons. The lowest BCUT2D eigenvalue weighted by molar-refractivity contribution is 0.176. The SMILES string of the molecule is CCn1cc(CN2CCN(C(=S)Nc3ccc(Cl)c(Cl)c3)CC2)c(C)n1. The summed E-state index contributed by atoms with van der Waals surface area (Å²) < 4.78 is 2.00. The summed E-state index contributed by atoms with van der Waals surface area (Å²) >= 11 is 17.6. The molecule has 2 aromatic rings. The topological polar surface area (TPSA) is 36.3 Å². The highest BCUT2D eigenvalue weighted by molar-refractivity contribution is 7.80. The Kier molecular flexibility index (Phi) is 6.40. The van der Waals surface area contributed by atoms with Gasteiger partial charge < -0.3 is 10.2 Å². The molecule has 1 aromatic carbocycles. The maximum absolute atomic E-state index is 6.06. The van der Waals surface area contributed by atoms with E-state index in [4.69, 9.17) is 35.4 Å². The lowest BCUT2D eigenvalue weighted by atomic mass is 10.2. The smallest absolute Gasteiger partial charge is 0.173 e. The minimum Gasteiger partial charge on any atom is -0.346 e. The third-order valence-corrected chi connectivity index (χ3v) is 5.70. The zero-order valence-corrected chi connectivity index (χ0v) is 17.3. The predicted octanol–water partition coefficient (Wildman–Crippen LogP) is 4.03. The highest BCUT2D eigenvalue weighted by Crippen LogP contribution is 2.25. The van der Waals surface area contributed by atoms with Crippen molar-refractivity contribution in [2.45, 2.75) is 26.9 Å². The molecule has 1 aliphatic rings. The number of hydrogen-bond donors (Lipinski definition) is 1. The Morgan fingerprint density at radius 3 is 2.54 bits per heavy atom. The molecule has 2 heterocycles. The molecule has 1 N–H and O–H groups in total. The van der Waals surface area contributed by atoms with Crippen LogP contribution in [0.2, 0.25) is 10.0 Å². The second-order valence-electron chi connectivity index (χ2n) is 6.42. The number of thiocarbonyl (C=S) groups is 1. The van der Waals surface area contributed by atoms with Gasteiger partial charge in [-0.15, -0.1) is 0 Å². The van der Waals surface area contributed by atoms with Crippen LogP contribution in [0.15, 0.2) is 24.4 Å². The quantitative estimate of drug-likeness (QED) is 0.768. The normalized spacial score (nSPS) is 15.3. The lowest BCUT2D eigenvalue weighted by Crippen LogP contribution is -2.49. The zero-order valence-electron chi connectivity index (χ0n) is 15.0. The van der Waals surface area contributed by atoms with Gasteiger partial charge in [0.15, 0.2) is 5.11 Å². The number of benzene rings is 1. The van der Waals surface area contributed by atoms with Gasteiger partial charge in [0, 0.05) is 56.7 Å². The van der Waals surface area contributed by atoms with E-state index in [-0.39, 0.29) is 0 Å². The van der Waals surface area contributed by atoms with Crippen LogP contribution in [0, 0.1) is 6.92 Å². The van der Waals surface area contributed by atoms with Crippen LogP contribution in [-0.4, -0.2) is 50.9 Å². The molecule has 0 spiro atoms.